The van der Waals surface area contributed by atoms with Crippen molar-refractivity contribution in [2.75, 3.05) is 0 Å². The Labute approximate surface area is 243 Å². The molecule has 0 aliphatic carbocycles. The second-order valence-corrected chi connectivity index (χ2v) is 12.3. The molecule has 0 rings (SSSR count). The summed E-state index contributed by atoms with van der Waals surface area (Å²) >= 11 is 0. The summed E-state index contributed by atoms with van der Waals surface area (Å²) < 4.78 is 0. The van der Waals surface area contributed by atoms with Crippen LogP contribution in [0.3, 0.4) is 0 Å². The highest BCUT2D eigenvalue weighted by molar-refractivity contribution is 5.02. The zero-order valence-electron chi connectivity index (χ0n) is 26.9. The summed E-state index contributed by atoms with van der Waals surface area (Å²) in [5.41, 5.74) is 0. The normalized spacial score (nSPS) is 11.9. The number of rotatable bonds is 33. The Morgan fingerprint density at radius 3 is 0.632 bits per heavy atom. The summed E-state index contributed by atoms with van der Waals surface area (Å²) in [6.45, 7) is 4.61. The van der Waals surface area contributed by atoms with Gasteiger partial charge in [0.15, 0.2) is 0 Å². The van der Waals surface area contributed by atoms with E-state index in [2.05, 4.69) is 38.2 Å². The van der Waals surface area contributed by atoms with Gasteiger partial charge >= 0.3 is 0 Å². The molecule has 0 amide bonds. The monoisotopic (exact) mass is 531 g/mol. The third kappa shape index (κ3) is 35.5. The first-order valence-electron chi connectivity index (χ1n) is 18.2. The summed E-state index contributed by atoms with van der Waals surface area (Å²) in [4.78, 5) is 0. The molecule has 0 fully saturated rings. The lowest BCUT2D eigenvalue weighted by Gasteiger charge is -2.03. The van der Waals surface area contributed by atoms with Crippen molar-refractivity contribution in [1.29, 1.82) is 0 Å². The average molecular weight is 531 g/mol. The fourth-order valence-electron chi connectivity index (χ4n) is 5.62. The van der Waals surface area contributed by atoms with Crippen LogP contribution >= 0.6 is 0 Å². The fourth-order valence-corrected chi connectivity index (χ4v) is 5.62. The van der Waals surface area contributed by atoms with Gasteiger partial charge in [0.2, 0.25) is 0 Å². The van der Waals surface area contributed by atoms with Crippen LogP contribution in [-0.4, -0.2) is 0 Å². The Balaban J connectivity index is 3.14. The quantitative estimate of drug-likeness (QED) is 0.0584. The number of hydrogen-bond acceptors (Lipinski definition) is 0. The number of hydrogen-bond donors (Lipinski definition) is 0. The Hall–Kier alpha value is -0.520. The maximum Gasteiger partial charge on any atom is -0.0348 e. The van der Waals surface area contributed by atoms with Gasteiger partial charge in [-0.15, -0.1) is 0 Å². The Bertz CT molecular complexity index is 445. The van der Waals surface area contributed by atoms with Gasteiger partial charge in [0.05, 0.1) is 0 Å². The maximum absolute atomic E-state index is 2.38. The molecule has 226 valence electrons. The first kappa shape index (κ1) is 37.5. The molecule has 0 aliphatic heterocycles. The minimum Gasteiger partial charge on any atom is -0.0845 e. The minimum atomic E-state index is 1.27. The molecule has 0 heteroatoms. The highest BCUT2D eigenvalue weighted by Crippen LogP contribution is 2.15. The summed E-state index contributed by atoms with van der Waals surface area (Å²) in [6.07, 6.45) is 55.4. The topological polar surface area (TPSA) is 0 Å². The second kappa shape index (κ2) is 36.5. The molecular formula is C38H74. The van der Waals surface area contributed by atoms with Gasteiger partial charge in [-0.2, -0.15) is 0 Å². The van der Waals surface area contributed by atoms with Crippen LogP contribution in [0.5, 0.6) is 0 Å². The van der Waals surface area contributed by atoms with Crippen LogP contribution in [0, 0.1) is 0 Å². The first-order chi connectivity index (χ1) is 18.9. The molecule has 0 bridgehead atoms. The predicted octanol–water partition coefficient (Wildman–Crippen LogP) is 14.6. The van der Waals surface area contributed by atoms with Gasteiger partial charge in [-0.3, -0.25) is 0 Å². The van der Waals surface area contributed by atoms with Gasteiger partial charge in [0.25, 0.3) is 0 Å². The lowest BCUT2D eigenvalue weighted by atomic mass is 10.0. The lowest BCUT2D eigenvalue weighted by Crippen LogP contribution is -1.83. The molecule has 0 atom stereocenters. The molecule has 0 saturated carbocycles. The average Bonchev–Trinajstić information content (AvgIpc) is 2.93. The van der Waals surface area contributed by atoms with Crippen molar-refractivity contribution in [3.63, 3.8) is 0 Å². The van der Waals surface area contributed by atoms with Crippen molar-refractivity contribution in [3.8, 4) is 0 Å². The van der Waals surface area contributed by atoms with Gasteiger partial charge in [-0.05, 0) is 25.7 Å². The highest BCUT2D eigenvalue weighted by Gasteiger charge is 1.95. The molecule has 0 N–H and O–H groups in total. The van der Waals surface area contributed by atoms with Crippen LogP contribution < -0.4 is 0 Å². The van der Waals surface area contributed by atoms with Gasteiger partial charge in [0.1, 0.15) is 0 Å². The van der Waals surface area contributed by atoms with E-state index in [-0.39, 0.29) is 0 Å². The van der Waals surface area contributed by atoms with Crippen molar-refractivity contribution < 1.29 is 0 Å². The molecule has 38 heavy (non-hydrogen) atoms. The number of allylic oxidation sites excluding steroid dienone is 4. The van der Waals surface area contributed by atoms with Gasteiger partial charge in [-0.1, -0.05) is 218 Å². The van der Waals surface area contributed by atoms with E-state index < -0.39 is 0 Å². The molecule has 0 unspecified atom stereocenters. The molecule has 0 aliphatic rings. The molecule has 0 heterocycles. The molecule has 0 saturated heterocycles. The van der Waals surface area contributed by atoms with Gasteiger partial charge < -0.3 is 0 Å². The summed E-state index contributed by atoms with van der Waals surface area (Å²) in [5, 5.41) is 0. The van der Waals surface area contributed by atoms with Crippen molar-refractivity contribution in [1.82, 2.24) is 0 Å². The first-order valence-corrected chi connectivity index (χ1v) is 18.2. The third-order valence-corrected chi connectivity index (χ3v) is 8.33. The van der Waals surface area contributed by atoms with E-state index in [0.717, 1.165) is 0 Å². The molecular weight excluding hydrogens is 456 g/mol. The third-order valence-electron chi connectivity index (χ3n) is 8.33. The van der Waals surface area contributed by atoms with E-state index in [1.54, 1.807) is 0 Å². The zero-order valence-corrected chi connectivity index (χ0v) is 26.9. The standard InChI is InChI=1S/C38H74/c1-3-5-7-9-11-13-15-17-19-21-23-25-27-29-31-33-35-37-38-36-34-32-30-28-26-24-22-20-18-16-14-12-10-8-6-4-2/h33,35,37-38H,3-32,34,36H2,1-2H3. The van der Waals surface area contributed by atoms with Crippen LogP contribution in [0.4, 0.5) is 0 Å². The summed E-state index contributed by atoms with van der Waals surface area (Å²) in [7, 11) is 0. The van der Waals surface area contributed by atoms with Crippen molar-refractivity contribution in [3.05, 3.63) is 24.3 Å². The second-order valence-electron chi connectivity index (χ2n) is 12.3. The largest absolute Gasteiger partial charge is 0.0845 e. The summed E-state index contributed by atoms with van der Waals surface area (Å²) in [6, 6.07) is 0. The van der Waals surface area contributed by atoms with E-state index in [1.165, 1.54) is 205 Å². The molecule has 0 nitrogen and oxygen atoms in total. The minimum absolute atomic E-state index is 1.27. The van der Waals surface area contributed by atoms with Crippen LogP contribution in [0.25, 0.3) is 0 Å². The van der Waals surface area contributed by atoms with E-state index in [0.29, 0.717) is 0 Å². The van der Waals surface area contributed by atoms with Crippen LogP contribution in [0.15, 0.2) is 24.3 Å². The van der Waals surface area contributed by atoms with Crippen molar-refractivity contribution in [2.45, 2.75) is 219 Å². The smallest absolute Gasteiger partial charge is 0.0348 e. The maximum atomic E-state index is 2.38. The van der Waals surface area contributed by atoms with Crippen LogP contribution in [-0.2, 0) is 0 Å². The Morgan fingerprint density at radius 2 is 0.421 bits per heavy atom. The SMILES string of the molecule is CCCCCCCCCCCCCCCCC=CC=CCCCCCCCCCCCCCCCCCC. The van der Waals surface area contributed by atoms with E-state index >= 15 is 0 Å². The molecule has 0 radical (unpaired) electrons. The lowest BCUT2D eigenvalue weighted by molar-refractivity contribution is 0.530. The molecule has 0 aromatic heterocycles. The Kier molecular flexibility index (Phi) is 36.0. The van der Waals surface area contributed by atoms with E-state index in [4.69, 9.17) is 0 Å². The summed E-state index contributed by atoms with van der Waals surface area (Å²) in [5.74, 6) is 0. The fraction of sp³-hybridized carbons (Fsp3) is 0.895. The van der Waals surface area contributed by atoms with Crippen LogP contribution in [0.1, 0.15) is 219 Å². The predicted molar refractivity (Wildman–Crippen MR) is 177 cm³/mol. The molecule has 0 aromatic rings. The zero-order chi connectivity index (χ0) is 27.5. The van der Waals surface area contributed by atoms with E-state index in [9.17, 15) is 0 Å². The highest BCUT2D eigenvalue weighted by atomic mass is 14.0. The Morgan fingerprint density at radius 1 is 0.237 bits per heavy atom. The molecule has 0 aromatic carbocycles. The molecule has 0 spiro atoms. The van der Waals surface area contributed by atoms with Gasteiger partial charge in [0, 0.05) is 0 Å². The van der Waals surface area contributed by atoms with Crippen molar-refractivity contribution in [2.24, 2.45) is 0 Å². The number of unbranched alkanes of at least 4 members (excludes halogenated alkanes) is 30. The van der Waals surface area contributed by atoms with Crippen molar-refractivity contribution >= 4 is 0 Å². The van der Waals surface area contributed by atoms with Crippen LogP contribution in [0.2, 0.25) is 0 Å². The van der Waals surface area contributed by atoms with Gasteiger partial charge in [-0.25, -0.2) is 0 Å². The van der Waals surface area contributed by atoms with E-state index in [1.807, 2.05) is 0 Å².